The molecule has 1 aliphatic carbocycles. The summed E-state index contributed by atoms with van der Waals surface area (Å²) in [6.07, 6.45) is 1.68. The third kappa shape index (κ3) is 2.36. The summed E-state index contributed by atoms with van der Waals surface area (Å²) < 4.78 is 4.02. The quantitative estimate of drug-likeness (QED) is 0.471. The summed E-state index contributed by atoms with van der Waals surface area (Å²) in [5.41, 5.74) is 1.83. The molecule has 0 N–H and O–H groups in total. The maximum atomic E-state index is 12.4. The van der Waals surface area contributed by atoms with Gasteiger partial charge in [0.15, 0.2) is 5.78 Å². The summed E-state index contributed by atoms with van der Waals surface area (Å²) in [6, 6.07) is 7.60. The number of carbonyl (C=O) groups excluding carboxylic acids is 2. The van der Waals surface area contributed by atoms with Crippen LogP contribution >= 0.6 is 22.6 Å². The van der Waals surface area contributed by atoms with Gasteiger partial charge in [0.25, 0.3) is 0 Å². The van der Waals surface area contributed by atoms with E-state index in [9.17, 15) is 9.59 Å². The Bertz CT molecular complexity index is 469. The van der Waals surface area contributed by atoms with Gasteiger partial charge in [0.2, 0.25) is 0 Å². The Balaban J connectivity index is 2.30. The van der Waals surface area contributed by atoms with Crippen molar-refractivity contribution < 1.29 is 14.3 Å². The van der Waals surface area contributed by atoms with Crippen molar-refractivity contribution in [3.63, 3.8) is 0 Å². The molecule has 0 radical (unpaired) electrons. The van der Waals surface area contributed by atoms with Crippen LogP contribution in [-0.4, -0.2) is 22.3 Å². The molecule has 90 valence electrons. The fourth-order valence-electron chi connectivity index (χ4n) is 2.12. The SMILES string of the molecule is COC(=O)CC1(I)CCc2ccccc2C1=O. The van der Waals surface area contributed by atoms with Gasteiger partial charge in [-0.2, -0.15) is 0 Å². The number of ether oxygens (including phenoxy) is 1. The van der Waals surface area contributed by atoms with Crippen molar-refractivity contribution in [1.29, 1.82) is 0 Å². The minimum atomic E-state index is -0.640. The molecule has 3 nitrogen and oxygen atoms in total. The molecular formula is C13H13IO3. The van der Waals surface area contributed by atoms with Gasteiger partial charge in [0.1, 0.15) is 0 Å². The number of Topliss-reactive ketones (excluding diaryl/α,β-unsaturated/α-hetero) is 1. The summed E-state index contributed by atoms with van der Waals surface area (Å²) in [6.45, 7) is 0. The van der Waals surface area contributed by atoms with E-state index < -0.39 is 3.42 Å². The van der Waals surface area contributed by atoms with Crippen LogP contribution in [0, 0.1) is 0 Å². The van der Waals surface area contributed by atoms with Gasteiger partial charge in [-0.25, -0.2) is 0 Å². The van der Waals surface area contributed by atoms with Crippen LogP contribution in [0.2, 0.25) is 0 Å². The number of hydrogen-bond acceptors (Lipinski definition) is 3. The predicted molar refractivity (Wildman–Crippen MR) is 72.5 cm³/mol. The monoisotopic (exact) mass is 344 g/mol. The Hall–Kier alpha value is -0.910. The van der Waals surface area contributed by atoms with Crippen LogP contribution in [0.15, 0.2) is 24.3 Å². The van der Waals surface area contributed by atoms with Crippen LogP contribution < -0.4 is 0 Å². The molecule has 1 aliphatic rings. The first-order valence-electron chi connectivity index (χ1n) is 5.45. The second-order valence-electron chi connectivity index (χ2n) is 4.20. The molecule has 0 bridgehead atoms. The van der Waals surface area contributed by atoms with Gasteiger partial charge in [0, 0.05) is 5.56 Å². The second-order valence-corrected chi connectivity index (χ2v) is 6.27. The number of methoxy groups -OCH3 is 1. The van der Waals surface area contributed by atoms with Crippen LogP contribution in [0.5, 0.6) is 0 Å². The minimum absolute atomic E-state index is 0.0466. The fourth-order valence-corrected chi connectivity index (χ4v) is 2.99. The van der Waals surface area contributed by atoms with Gasteiger partial charge in [0.05, 0.1) is 17.0 Å². The first-order valence-corrected chi connectivity index (χ1v) is 6.53. The number of halogens is 1. The van der Waals surface area contributed by atoms with Crippen LogP contribution in [0.4, 0.5) is 0 Å². The highest BCUT2D eigenvalue weighted by Gasteiger charge is 2.42. The van der Waals surface area contributed by atoms with Crippen LogP contribution in [0.25, 0.3) is 0 Å². The van der Waals surface area contributed by atoms with Crippen molar-refractivity contribution in [3.05, 3.63) is 35.4 Å². The Morgan fingerprint density at radius 2 is 2.18 bits per heavy atom. The van der Waals surface area contributed by atoms with Crippen molar-refractivity contribution >= 4 is 34.3 Å². The molecule has 1 unspecified atom stereocenters. The molecule has 0 spiro atoms. The Labute approximate surface area is 114 Å². The number of alkyl halides is 1. The van der Waals surface area contributed by atoms with E-state index in [0.29, 0.717) is 6.42 Å². The Morgan fingerprint density at radius 1 is 1.47 bits per heavy atom. The van der Waals surface area contributed by atoms with E-state index in [1.165, 1.54) is 7.11 Å². The maximum absolute atomic E-state index is 12.4. The molecule has 0 saturated heterocycles. The van der Waals surface area contributed by atoms with E-state index in [1.807, 2.05) is 24.3 Å². The number of rotatable bonds is 2. The topological polar surface area (TPSA) is 43.4 Å². The van der Waals surface area contributed by atoms with Gasteiger partial charge >= 0.3 is 5.97 Å². The van der Waals surface area contributed by atoms with Crippen molar-refractivity contribution in [1.82, 2.24) is 0 Å². The molecule has 2 rings (SSSR count). The average Bonchev–Trinajstić information content (AvgIpc) is 2.34. The molecular weight excluding hydrogens is 331 g/mol. The van der Waals surface area contributed by atoms with E-state index >= 15 is 0 Å². The largest absolute Gasteiger partial charge is 0.469 e. The van der Waals surface area contributed by atoms with Gasteiger partial charge in [-0.1, -0.05) is 46.9 Å². The molecule has 1 aromatic rings. The number of aryl methyl sites for hydroxylation is 1. The summed E-state index contributed by atoms with van der Waals surface area (Å²) in [5, 5.41) is 0. The molecule has 4 heteroatoms. The lowest BCUT2D eigenvalue weighted by atomic mass is 9.81. The van der Waals surface area contributed by atoms with Gasteiger partial charge < -0.3 is 4.74 Å². The highest BCUT2D eigenvalue weighted by molar-refractivity contribution is 14.1. The molecule has 0 saturated carbocycles. The first kappa shape index (κ1) is 12.5. The van der Waals surface area contributed by atoms with Crippen molar-refractivity contribution in [2.75, 3.05) is 7.11 Å². The van der Waals surface area contributed by atoms with Gasteiger partial charge in [-0.05, 0) is 18.4 Å². The number of fused-ring (bicyclic) bond motifs is 1. The summed E-state index contributed by atoms with van der Waals surface area (Å²) in [5.74, 6) is -0.280. The minimum Gasteiger partial charge on any atom is -0.469 e. The van der Waals surface area contributed by atoms with E-state index in [4.69, 9.17) is 0 Å². The Morgan fingerprint density at radius 3 is 2.88 bits per heavy atom. The molecule has 0 aliphatic heterocycles. The lowest BCUT2D eigenvalue weighted by molar-refractivity contribution is -0.141. The van der Waals surface area contributed by atoms with Crippen LogP contribution in [0.1, 0.15) is 28.8 Å². The van der Waals surface area contributed by atoms with Crippen molar-refractivity contribution in [2.45, 2.75) is 22.7 Å². The molecule has 1 atom stereocenters. The molecule has 0 amide bonds. The number of esters is 1. The molecule has 17 heavy (non-hydrogen) atoms. The summed E-state index contributed by atoms with van der Waals surface area (Å²) in [4.78, 5) is 23.7. The standard InChI is InChI=1S/C13H13IO3/c1-17-11(15)8-13(14)7-6-9-4-2-3-5-10(9)12(13)16/h2-5H,6-8H2,1H3. The molecule has 0 aromatic heterocycles. The number of benzene rings is 1. The zero-order chi connectivity index (χ0) is 12.5. The number of carbonyl (C=O) groups is 2. The van der Waals surface area contributed by atoms with Gasteiger partial charge in [-0.3, -0.25) is 9.59 Å². The highest BCUT2D eigenvalue weighted by Crippen LogP contribution is 2.38. The van der Waals surface area contributed by atoms with Crippen molar-refractivity contribution in [3.8, 4) is 0 Å². The van der Waals surface area contributed by atoms with Crippen LogP contribution in [0.3, 0.4) is 0 Å². The Kier molecular flexibility index (Phi) is 3.51. The maximum Gasteiger partial charge on any atom is 0.307 e. The molecule has 0 heterocycles. The zero-order valence-corrected chi connectivity index (χ0v) is 11.7. The molecule has 1 aromatic carbocycles. The van der Waals surface area contributed by atoms with E-state index in [2.05, 4.69) is 27.3 Å². The van der Waals surface area contributed by atoms with E-state index in [1.54, 1.807) is 0 Å². The first-order chi connectivity index (χ1) is 8.07. The normalized spacial score (nSPS) is 23.1. The second kappa shape index (κ2) is 4.76. The molecule has 0 fully saturated rings. The summed E-state index contributed by atoms with van der Waals surface area (Å²) >= 11 is 2.10. The highest BCUT2D eigenvalue weighted by atomic mass is 127. The van der Waals surface area contributed by atoms with Crippen molar-refractivity contribution in [2.24, 2.45) is 0 Å². The van der Waals surface area contributed by atoms with E-state index in [-0.39, 0.29) is 18.2 Å². The third-order valence-corrected chi connectivity index (χ3v) is 4.52. The number of ketones is 1. The summed E-state index contributed by atoms with van der Waals surface area (Å²) in [7, 11) is 1.35. The predicted octanol–water partition coefficient (Wildman–Crippen LogP) is 2.55. The van der Waals surface area contributed by atoms with E-state index in [0.717, 1.165) is 17.5 Å². The van der Waals surface area contributed by atoms with Crippen LogP contribution in [-0.2, 0) is 16.0 Å². The smallest absolute Gasteiger partial charge is 0.307 e. The average molecular weight is 344 g/mol. The third-order valence-electron chi connectivity index (χ3n) is 3.11. The van der Waals surface area contributed by atoms with Gasteiger partial charge in [-0.15, -0.1) is 0 Å². The number of hydrogen-bond donors (Lipinski definition) is 0. The lowest BCUT2D eigenvalue weighted by Crippen LogP contribution is -2.39. The lowest BCUT2D eigenvalue weighted by Gasteiger charge is -2.30. The zero-order valence-electron chi connectivity index (χ0n) is 9.53. The fraction of sp³-hybridized carbons (Fsp3) is 0.385.